The van der Waals surface area contributed by atoms with Crippen LogP contribution in [-0.2, 0) is 23.8 Å². The topological polar surface area (TPSA) is 68.4 Å². The third kappa shape index (κ3) is 4.44. The number of fused-ring (bicyclic) bond motifs is 5. The maximum atomic E-state index is 13.0. The summed E-state index contributed by atoms with van der Waals surface area (Å²) in [6.45, 7) is 5.39. The van der Waals surface area contributed by atoms with Crippen molar-refractivity contribution in [2.45, 2.75) is 69.9 Å². The van der Waals surface area contributed by atoms with Crippen LogP contribution >= 0.6 is 12.4 Å². The molecule has 3 fully saturated rings. The van der Waals surface area contributed by atoms with Crippen LogP contribution in [0.1, 0.15) is 45.1 Å². The van der Waals surface area contributed by atoms with Crippen molar-refractivity contribution in [3.05, 3.63) is 35.9 Å². The molecule has 0 aliphatic carbocycles. The second kappa shape index (κ2) is 8.25. The van der Waals surface area contributed by atoms with Gasteiger partial charge in [-0.1, -0.05) is 30.3 Å². The third-order valence-corrected chi connectivity index (χ3v) is 6.14. The van der Waals surface area contributed by atoms with Gasteiger partial charge in [-0.25, -0.2) is 0 Å². The predicted molar refractivity (Wildman–Crippen MR) is 110 cm³/mol. The van der Waals surface area contributed by atoms with Crippen LogP contribution in [0.2, 0.25) is 0 Å². The lowest BCUT2D eigenvalue weighted by Gasteiger charge is -2.38. The van der Waals surface area contributed by atoms with Gasteiger partial charge in [0.15, 0.2) is 0 Å². The highest BCUT2D eigenvalue weighted by Crippen LogP contribution is 2.48. The Hall–Kier alpha value is -1.63. The van der Waals surface area contributed by atoms with E-state index in [0.717, 1.165) is 18.4 Å². The molecule has 29 heavy (non-hydrogen) atoms. The number of hydrogen-bond acceptors (Lipinski definition) is 6. The van der Waals surface area contributed by atoms with E-state index in [4.69, 9.17) is 14.2 Å². The van der Waals surface area contributed by atoms with Crippen LogP contribution in [0.5, 0.6) is 0 Å². The first kappa shape index (κ1) is 22.1. The fourth-order valence-electron chi connectivity index (χ4n) is 4.40. The summed E-state index contributed by atoms with van der Waals surface area (Å²) in [5.74, 6) is -1.26. The van der Waals surface area contributed by atoms with E-state index in [0.29, 0.717) is 24.3 Å². The van der Waals surface area contributed by atoms with E-state index in [1.54, 1.807) is 20.8 Å². The van der Waals surface area contributed by atoms with Gasteiger partial charge >= 0.3 is 11.9 Å². The molecule has 3 aliphatic heterocycles. The Kier molecular flexibility index (Phi) is 6.27. The fourth-order valence-corrected chi connectivity index (χ4v) is 4.40. The van der Waals surface area contributed by atoms with Gasteiger partial charge in [0.2, 0.25) is 0 Å². The number of morpholine rings is 1. The van der Waals surface area contributed by atoms with Crippen LogP contribution in [0.25, 0.3) is 0 Å². The summed E-state index contributed by atoms with van der Waals surface area (Å²) in [5, 5.41) is 0. The normalized spacial score (nSPS) is 31.2. The highest BCUT2D eigenvalue weighted by molar-refractivity contribution is 5.85. The van der Waals surface area contributed by atoms with Crippen LogP contribution in [0.15, 0.2) is 30.3 Å². The number of esters is 2. The first-order valence-electron chi connectivity index (χ1n) is 10.1. The molecule has 0 spiro atoms. The monoisotopic (exact) mass is 423 g/mol. The molecule has 3 heterocycles. The molecule has 1 aromatic carbocycles. The van der Waals surface area contributed by atoms with Gasteiger partial charge in [0.05, 0.1) is 5.41 Å². The van der Waals surface area contributed by atoms with Gasteiger partial charge < -0.3 is 14.2 Å². The lowest BCUT2D eigenvalue weighted by atomic mass is 9.96. The Morgan fingerprint density at radius 1 is 1.14 bits per heavy atom. The van der Waals surface area contributed by atoms with E-state index in [-0.39, 0.29) is 37.1 Å². The minimum atomic E-state index is -0.615. The number of benzene rings is 1. The van der Waals surface area contributed by atoms with Crippen LogP contribution < -0.4 is 0 Å². The molecule has 3 aliphatic rings. The number of rotatable bonds is 5. The second-order valence-electron chi connectivity index (χ2n) is 9.21. The number of hydrogen-bond donors (Lipinski definition) is 0. The zero-order valence-electron chi connectivity index (χ0n) is 17.4. The summed E-state index contributed by atoms with van der Waals surface area (Å²) >= 11 is 0. The van der Waals surface area contributed by atoms with Crippen molar-refractivity contribution in [2.24, 2.45) is 5.41 Å². The Labute approximate surface area is 178 Å². The Morgan fingerprint density at radius 2 is 1.72 bits per heavy atom. The van der Waals surface area contributed by atoms with Gasteiger partial charge in [-0.05, 0) is 33.4 Å². The van der Waals surface area contributed by atoms with Gasteiger partial charge in [0.1, 0.15) is 30.8 Å². The van der Waals surface area contributed by atoms with Crippen molar-refractivity contribution in [3.63, 3.8) is 0 Å². The molecule has 0 saturated carbocycles. The molecule has 160 valence electrons. The van der Waals surface area contributed by atoms with Crippen LogP contribution in [0, 0.1) is 5.41 Å². The maximum absolute atomic E-state index is 13.0. The SMILES string of the molecule is CN1[C@@H]2C[C@@H](OC(=O)[C@H](COC(=O)C(C)(C)C)c3ccccc3)C[C@H]1[C@@H]1O[C@@H]12.Cl. The number of ether oxygens (including phenoxy) is 3. The van der Waals surface area contributed by atoms with E-state index in [2.05, 4.69) is 11.9 Å². The third-order valence-electron chi connectivity index (χ3n) is 6.14. The number of carbonyl (C=O) groups is 2. The number of epoxide rings is 1. The number of halogens is 1. The molecule has 4 rings (SSSR count). The largest absolute Gasteiger partial charge is 0.464 e. The van der Waals surface area contributed by atoms with Crippen molar-refractivity contribution in [1.82, 2.24) is 4.90 Å². The van der Waals surface area contributed by atoms with Gasteiger partial charge in [0.25, 0.3) is 0 Å². The maximum Gasteiger partial charge on any atom is 0.317 e. The van der Waals surface area contributed by atoms with E-state index < -0.39 is 11.3 Å². The Morgan fingerprint density at radius 3 is 2.28 bits per heavy atom. The quantitative estimate of drug-likeness (QED) is 0.535. The summed E-state index contributed by atoms with van der Waals surface area (Å²) in [5.41, 5.74) is 0.190. The lowest BCUT2D eigenvalue weighted by molar-refractivity contribution is -0.161. The van der Waals surface area contributed by atoms with Crippen LogP contribution in [0.3, 0.4) is 0 Å². The number of likely N-dealkylation sites (N-methyl/N-ethyl adjacent to an activating group) is 1. The highest BCUT2D eigenvalue weighted by Gasteiger charge is 2.62. The molecule has 2 bridgehead atoms. The summed E-state index contributed by atoms with van der Waals surface area (Å²) in [4.78, 5) is 27.6. The zero-order chi connectivity index (χ0) is 20.1. The van der Waals surface area contributed by atoms with E-state index >= 15 is 0 Å². The molecule has 3 saturated heterocycles. The lowest BCUT2D eigenvalue weighted by Crippen LogP contribution is -2.48. The van der Waals surface area contributed by atoms with E-state index in [1.807, 2.05) is 30.3 Å². The van der Waals surface area contributed by atoms with Crippen molar-refractivity contribution >= 4 is 24.3 Å². The molecule has 7 heteroatoms. The van der Waals surface area contributed by atoms with Crippen molar-refractivity contribution < 1.29 is 23.8 Å². The summed E-state index contributed by atoms with van der Waals surface area (Å²) in [6.07, 6.45) is 2.08. The van der Waals surface area contributed by atoms with Crippen molar-refractivity contribution in [2.75, 3.05) is 13.7 Å². The van der Waals surface area contributed by atoms with E-state index in [9.17, 15) is 9.59 Å². The molecule has 0 amide bonds. The van der Waals surface area contributed by atoms with Gasteiger partial charge in [-0.3, -0.25) is 14.5 Å². The summed E-state index contributed by atoms with van der Waals surface area (Å²) in [6, 6.07) is 10.1. The summed E-state index contributed by atoms with van der Waals surface area (Å²) < 4.78 is 17.1. The Bertz CT molecular complexity index is 731. The number of nitrogens with zero attached hydrogens (tertiary/aromatic N) is 1. The highest BCUT2D eigenvalue weighted by atomic mass is 35.5. The molecule has 1 aromatic rings. The number of piperidine rings is 1. The van der Waals surface area contributed by atoms with Crippen LogP contribution in [0.4, 0.5) is 0 Å². The molecule has 0 radical (unpaired) electrons. The molecule has 6 nitrogen and oxygen atoms in total. The molecule has 0 aromatic heterocycles. The van der Waals surface area contributed by atoms with Gasteiger partial charge in [0, 0.05) is 24.9 Å². The standard InChI is InChI=1S/C22H29NO5.ClH/c1-22(2,3)21(25)26-12-15(13-8-6-5-7-9-13)20(24)27-14-10-16-18-19(28-18)17(11-14)23(16)4;/h5-9,14-19H,10-12H2,1-4H3;1H/t14-,15-,16-,17+,18-,19+;/m1./s1. The molecule has 6 atom stereocenters. The average Bonchev–Trinajstić information content (AvgIpc) is 3.40. The predicted octanol–water partition coefficient (Wildman–Crippen LogP) is 2.94. The Balaban J connectivity index is 0.00000240. The average molecular weight is 424 g/mol. The van der Waals surface area contributed by atoms with Gasteiger partial charge in [-0.2, -0.15) is 0 Å². The minimum absolute atomic E-state index is 0. The van der Waals surface area contributed by atoms with E-state index in [1.165, 1.54) is 0 Å². The first-order chi connectivity index (χ1) is 13.3. The molecular weight excluding hydrogens is 394 g/mol. The summed E-state index contributed by atoms with van der Waals surface area (Å²) in [7, 11) is 2.13. The van der Waals surface area contributed by atoms with Gasteiger partial charge in [-0.15, -0.1) is 12.4 Å². The van der Waals surface area contributed by atoms with Crippen molar-refractivity contribution in [3.8, 4) is 0 Å². The number of carbonyl (C=O) groups excluding carboxylic acids is 2. The molecular formula is C22H30ClNO5. The van der Waals surface area contributed by atoms with Crippen molar-refractivity contribution in [1.29, 1.82) is 0 Å². The minimum Gasteiger partial charge on any atom is -0.464 e. The molecule has 0 unspecified atom stereocenters. The molecule has 0 N–H and O–H groups in total. The zero-order valence-corrected chi connectivity index (χ0v) is 18.2. The second-order valence-corrected chi connectivity index (χ2v) is 9.21. The fraction of sp³-hybridized carbons (Fsp3) is 0.636. The van der Waals surface area contributed by atoms with Crippen LogP contribution in [-0.4, -0.2) is 60.9 Å². The first-order valence-corrected chi connectivity index (χ1v) is 10.1. The smallest absolute Gasteiger partial charge is 0.317 e.